The zero-order valence-electron chi connectivity index (χ0n) is 10.2. The number of hydrogen-bond acceptors (Lipinski definition) is 3. The molecule has 1 rings (SSSR count). The SMILES string of the molecule is C=CCNCC(=O)N1CCCC(C)(C(=O)O)C1. The van der Waals surface area contributed by atoms with Gasteiger partial charge in [0.2, 0.25) is 5.91 Å². The molecule has 0 aromatic carbocycles. The first-order valence-electron chi connectivity index (χ1n) is 5.82. The molecule has 0 saturated carbocycles. The summed E-state index contributed by atoms with van der Waals surface area (Å²) in [6, 6.07) is 0. The zero-order chi connectivity index (χ0) is 12.9. The van der Waals surface area contributed by atoms with Crippen molar-refractivity contribution in [1.29, 1.82) is 0 Å². The third-order valence-electron chi connectivity index (χ3n) is 3.13. The normalized spacial score (nSPS) is 24.4. The van der Waals surface area contributed by atoms with Crippen molar-refractivity contribution >= 4 is 11.9 Å². The number of likely N-dealkylation sites (tertiary alicyclic amines) is 1. The minimum atomic E-state index is -0.825. The zero-order valence-corrected chi connectivity index (χ0v) is 10.2. The molecule has 1 atom stereocenters. The van der Waals surface area contributed by atoms with E-state index in [9.17, 15) is 9.59 Å². The van der Waals surface area contributed by atoms with Crippen LogP contribution in [0.5, 0.6) is 0 Å². The van der Waals surface area contributed by atoms with Crippen molar-refractivity contribution in [3.05, 3.63) is 12.7 Å². The summed E-state index contributed by atoms with van der Waals surface area (Å²) in [7, 11) is 0. The minimum Gasteiger partial charge on any atom is -0.481 e. The third kappa shape index (κ3) is 3.56. The van der Waals surface area contributed by atoms with Crippen molar-refractivity contribution in [3.8, 4) is 0 Å². The van der Waals surface area contributed by atoms with Gasteiger partial charge in [0.1, 0.15) is 0 Å². The van der Waals surface area contributed by atoms with Crippen molar-refractivity contribution in [2.45, 2.75) is 19.8 Å². The molecule has 5 heteroatoms. The number of amides is 1. The van der Waals surface area contributed by atoms with E-state index in [2.05, 4.69) is 11.9 Å². The number of piperidine rings is 1. The Morgan fingerprint density at radius 3 is 2.88 bits per heavy atom. The summed E-state index contributed by atoms with van der Waals surface area (Å²) < 4.78 is 0. The second kappa shape index (κ2) is 5.82. The van der Waals surface area contributed by atoms with Gasteiger partial charge in [0, 0.05) is 19.6 Å². The summed E-state index contributed by atoms with van der Waals surface area (Å²) in [5.41, 5.74) is -0.799. The molecular formula is C12H20N2O3. The maximum atomic E-state index is 11.8. The van der Waals surface area contributed by atoms with Gasteiger partial charge in [-0.1, -0.05) is 6.08 Å². The van der Waals surface area contributed by atoms with Gasteiger partial charge in [0.05, 0.1) is 12.0 Å². The lowest BCUT2D eigenvalue weighted by atomic mass is 9.82. The largest absolute Gasteiger partial charge is 0.481 e. The second-order valence-electron chi connectivity index (χ2n) is 4.70. The molecule has 1 aliphatic rings. The van der Waals surface area contributed by atoms with E-state index in [1.165, 1.54) is 0 Å². The molecule has 0 aromatic rings. The van der Waals surface area contributed by atoms with E-state index < -0.39 is 11.4 Å². The highest BCUT2D eigenvalue weighted by molar-refractivity contribution is 5.80. The fraction of sp³-hybridized carbons (Fsp3) is 0.667. The van der Waals surface area contributed by atoms with Crippen molar-refractivity contribution in [2.24, 2.45) is 5.41 Å². The molecular weight excluding hydrogens is 220 g/mol. The molecule has 1 amide bonds. The molecule has 0 aliphatic carbocycles. The average molecular weight is 240 g/mol. The molecule has 1 aliphatic heterocycles. The summed E-state index contributed by atoms with van der Waals surface area (Å²) in [6.45, 7) is 7.02. The smallest absolute Gasteiger partial charge is 0.311 e. The van der Waals surface area contributed by atoms with Gasteiger partial charge < -0.3 is 15.3 Å². The Balaban J connectivity index is 2.51. The van der Waals surface area contributed by atoms with E-state index in [4.69, 9.17) is 5.11 Å². The highest BCUT2D eigenvalue weighted by Crippen LogP contribution is 2.29. The summed E-state index contributed by atoms with van der Waals surface area (Å²) in [5, 5.41) is 12.1. The average Bonchev–Trinajstić information content (AvgIpc) is 2.29. The Labute approximate surface area is 101 Å². The monoisotopic (exact) mass is 240 g/mol. The number of nitrogens with zero attached hydrogens (tertiary/aromatic N) is 1. The standard InChI is InChI=1S/C12H20N2O3/c1-3-6-13-8-10(15)14-7-4-5-12(2,9-14)11(16)17/h3,13H,1,4-9H2,2H3,(H,16,17). The van der Waals surface area contributed by atoms with Gasteiger partial charge in [0.15, 0.2) is 0 Å². The number of carboxylic acids is 1. The Morgan fingerprint density at radius 1 is 1.59 bits per heavy atom. The van der Waals surface area contributed by atoms with Crippen LogP contribution in [0.4, 0.5) is 0 Å². The molecule has 0 bridgehead atoms. The van der Waals surface area contributed by atoms with Crippen LogP contribution in [0.1, 0.15) is 19.8 Å². The van der Waals surface area contributed by atoms with Gasteiger partial charge in [-0.25, -0.2) is 0 Å². The lowest BCUT2D eigenvalue weighted by Gasteiger charge is -2.37. The molecule has 17 heavy (non-hydrogen) atoms. The van der Waals surface area contributed by atoms with E-state index in [0.717, 1.165) is 6.42 Å². The highest BCUT2D eigenvalue weighted by Gasteiger charge is 2.39. The number of nitrogens with one attached hydrogen (secondary N) is 1. The van der Waals surface area contributed by atoms with Crippen molar-refractivity contribution in [1.82, 2.24) is 10.2 Å². The Hall–Kier alpha value is -1.36. The van der Waals surface area contributed by atoms with Gasteiger partial charge in [0.25, 0.3) is 0 Å². The lowest BCUT2D eigenvalue weighted by molar-refractivity contribution is -0.153. The number of carbonyl (C=O) groups excluding carboxylic acids is 1. The van der Waals surface area contributed by atoms with Crippen LogP contribution in [-0.4, -0.2) is 48.1 Å². The van der Waals surface area contributed by atoms with Crippen LogP contribution in [0.3, 0.4) is 0 Å². The lowest BCUT2D eigenvalue weighted by Crippen LogP contribution is -2.50. The van der Waals surface area contributed by atoms with E-state index in [1.807, 2.05) is 0 Å². The van der Waals surface area contributed by atoms with Crippen molar-refractivity contribution in [3.63, 3.8) is 0 Å². The van der Waals surface area contributed by atoms with Crippen LogP contribution >= 0.6 is 0 Å². The van der Waals surface area contributed by atoms with Crippen LogP contribution in [0, 0.1) is 5.41 Å². The van der Waals surface area contributed by atoms with Gasteiger partial charge in [-0.3, -0.25) is 9.59 Å². The van der Waals surface area contributed by atoms with Crippen molar-refractivity contribution in [2.75, 3.05) is 26.2 Å². The molecule has 96 valence electrons. The van der Waals surface area contributed by atoms with Gasteiger partial charge >= 0.3 is 5.97 Å². The van der Waals surface area contributed by atoms with Gasteiger partial charge in [-0.05, 0) is 19.8 Å². The predicted molar refractivity (Wildman–Crippen MR) is 64.6 cm³/mol. The Morgan fingerprint density at radius 2 is 2.29 bits per heavy atom. The van der Waals surface area contributed by atoms with Gasteiger partial charge in [-0.15, -0.1) is 6.58 Å². The molecule has 0 spiro atoms. The number of carboxylic acid groups (broad SMARTS) is 1. The van der Waals surface area contributed by atoms with Crippen LogP contribution in [0.25, 0.3) is 0 Å². The first-order valence-corrected chi connectivity index (χ1v) is 5.82. The Bertz CT molecular complexity index is 317. The maximum Gasteiger partial charge on any atom is 0.311 e. The molecule has 0 radical (unpaired) electrons. The van der Waals surface area contributed by atoms with E-state index >= 15 is 0 Å². The molecule has 1 saturated heterocycles. The highest BCUT2D eigenvalue weighted by atomic mass is 16.4. The topological polar surface area (TPSA) is 69.6 Å². The first kappa shape index (κ1) is 13.7. The molecule has 1 fully saturated rings. The fourth-order valence-corrected chi connectivity index (χ4v) is 2.02. The maximum absolute atomic E-state index is 11.8. The summed E-state index contributed by atoms with van der Waals surface area (Å²) in [5.74, 6) is -0.868. The van der Waals surface area contributed by atoms with E-state index in [0.29, 0.717) is 26.1 Å². The molecule has 5 nitrogen and oxygen atoms in total. The molecule has 2 N–H and O–H groups in total. The summed E-state index contributed by atoms with van der Waals surface area (Å²) >= 11 is 0. The first-order chi connectivity index (χ1) is 7.99. The minimum absolute atomic E-state index is 0.0426. The summed E-state index contributed by atoms with van der Waals surface area (Å²) in [4.78, 5) is 24.6. The summed E-state index contributed by atoms with van der Waals surface area (Å²) in [6.07, 6.45) is 3.06. The predicted octanol–water partition coefficient (Wildman–Crippen LogP) is 0.475. The quantitative estimate of drug-likeness (QED) is 0.541. The fourth-order valence-electron chi connectivity index (χ4n) is 2.02. The van der Waals surface area contributed by atoms with E-state index in [1.54, 1.807) is 17.9 Å². The van der Waals surface area contributed by atoms with Crippen LogP contribution in [0.2, 0.25) is 0 Å². The molecule has 0 aromatic heterocycles. The van der Waals surface area contributed by atoms with E-state index in [-0.39, 0.29) is 12.5 Å². The van der Waals surface area contributed by atoms with Gasteiger partial charge in [-0.2, -0.15) is 0 Å². The second-order valence-corrected chi connectivity index (χ2v) is 4.70. The third-order valence-corrected chi connectivity index (χ3v) is 3.13. The Kier molecular flexibility index (Phi) is 4.69. The molecule has 1 unspecified atom stereocenters. The van der Waals surface area contributed by atoms with Crippen molar-refractivity contribution < 1.29 is 14.7 Å². The molecule has 1 heterocycles. The number of aliphatic carboxylic acids is 1. The number of carbonyl (C=O) groups is 2. The number of hydrogen-bond donors (Lipinski definition) is 2. The number of rotatable bonds is 5. The van der Waals surface area contributed by atoms with Crippen LogP contribution in [-0.2, 0) is 9.59 Å². The van der Waals surface area contributed by atoms with Crippen LogP contribution in [0.15, 0.2) is 12.7 Å². The van der Waals surface area contributed by atoms with Crippen LogP contribution < -0.4 is 5.32 Å².